The van der Waals surface area contributed by atoms with Gasteiger partial charge < -0.3 is 10.1 Å². The summed E-state index contributed by atoms with van der Waals surface area (Å²) < 4.78 is 0. The summed E-state index contributed by atoms with van der Waals surface area (Å²) in [5.74, 6) is -0.774. The predicted molar refractivity (Wildman–Crippen MR) is 56.4 cm³/mol. The highest BCUT2D eigenvalue weighted by Crippen LogP contribution is 2.18. The van der Waals surface area contributed by atoms with E-state index in [1.807, 2.05) is 12.4 Å². The lowest BCUT2D eigenvalue weighted by Crippen LogP contribution is -2.35. The first-order valence-corrected chi connectivity index (χ1v) is 5.32. The smallest absolute Gasteiger partial charge is 0.306 e. The summed E-state index contributed by atoms with van der Waals surface area (Å²) in [5.41, 5.74) is 1.27. The third-order valence-electron chi connectivity index (χ3n) is 3.01. The fourth-order valence-corrected chi connectivity index (χ4v) is 2.05. The lowest BCUT2D eigenvalue weighted by molar-refractivity contribution is -0.143. The van der Waals surface area contributed by atoms with E-state index >= 15 is 0 Å². The fraction of sp³-hybridized carbons (Fsp3) is 0.545. The number of hydrogen-bond acceptors (Lipinski definition) is 2. The van der Waals surface area contributed by atoms with Gasteiger partial charge in [-0.2, -0.15) is 0 Å². The molecule has 1 saturated heterocycles. The molecule has 0 saturated carbocycles. The van der Waals surface area contributed by atoms with Crippen LogP contribution < -0.4 is 0 Å². The summed E-state index contributed by atoms with van der Waals surface area (Å²) in [6, 6.07) is 2.06. The monoisotopic (exact) mass is 208 g/mol. The van der Waals surface area contributed by atoms with Crippen LogP contribution in [0.4, 0.5) is 0 Å². The summed E-state index contributed by atoms with van der Waals surface area (Å²) >= 11 is 0. The maximum absolute atomic E-state index is 10.8. The molecule has 0 spiro atoms. The fourth-order valence-electron chi connectivity index (χ4n) is 2.05. The number of carbonyl (C=O) groups is 1. The number of aliphatic carboxylic acids is 1. The SMILES string of the molecule is O=C(O)C1CCN(Cc2cc[nH]c2)CC1. The molecule has 0 atom stereocenters. The summed E-state index contributed by atoms with van der Waals surface area (Å²) in [6.45, 7) is 2.71. The molecule has 1 aliphatic heterocycles. The minimum Gasteiger partial charge on any atom is -0.481 e. The Morgan fingerprint density at radius 1 is 1.53 bits per heavy atom. The van der Waals surface area contributed by atoms with Crippen LogP contribution >= 0.6 is 0 Å². The highest BCUT2D eigenvalue weighted by molar-refractivity contribution is 5.70. The third-order valence-corrected chi connectivity index (χ3v) is 3.01. The molecule has 0 unspecified atom stereocenters. The van der Waals surface area contributed by atoms with E-state index in [1.54, 1.807) is 0 Å². The molecule has 0 radical (unpaired) electrons. The van der Waals surface area contributed by atoms with Gasteiger partial charge in [0.2, 0.25) is 0 Å². The number of likely N-dealkylation sites (tertiary alicyclic amines) is 1. The lowest BCUT2D eigenvalue weighted by Gasteiger charge is -2.29. The van der Waals surface area contributed by atoms with Gasteiger partial charge in [0, 0.05) is 18.9 Å². The Morgan fingerprint density at radius 3 is 2.80 bits per heavy atom. The van der Waals surface area contributed by atoms with Crippen molar-refractivity contribution in [3.8, 4) is 0 Å². The van der Waals surface area contributed by atoms with E-state index in [1.165, 1.54) is 5.56 Å². The van der Waals surface area contributed by atoms with Crippen molar-refractivity contribution in [2.75, 3.05) is 13.1 Å². The van der Waals surface area contributed by atoms with Crippen molar-refractivity contribution >= 4 is 5.97 Å². The zero-order chi connectivity index (χ0) is 10.7. The van der Waals surface area contributed by atoms with Gasteiger partial charge in [-0.25, -0.2) is 0 Å². The van der Waals surface area contributed by atoms with Crippen LogP contribution in [-0.4, -0.2) is 34.0 Å². The van der Waals surface area contributed by atoms with Crippen LogP contribution in [0.2, 0.25) is 0 Å². The molecule has 1 aromatic rings. The second-order valence-corrected chi connectivity index (χ2v) is 4.11. The Morgan fingerprint density at radius 2 is 2.27 bits per heavy atom. The average Bonchev–Trinajstić information content (AvgIpc) is 2.71. The van der Waals surface area contributed by atoms with Gasteiger partial charge >= 0.3 is 5.97 Å². The Labute approximate surface area is 88.9 Å². The highest BCUT2D eigenvalue weighted by atomic mass is 16.4. The average molecular weight is 208 g/mol. The number of H-pyrrole nitrogens is 1. The van der Waals surface area contributed by atoms with Gasteiger partial charge in [0.1, 0.15) is 0 Å². The van der Waals surface area contributed by atoms with Crippen molar-refractivity contribution in [3.63, 3.8) is 0 Å². The Bertz CT molecular complexity index is 313. The van der Waals surface area contributed by atoms with Crippen LogP contribution in [0.1, 0.15) is 18.4 Å². The van der Waals surface area contributed by atoms with Gasteiger partial charge in [-0.3, -0.25) is 9.69 Å². The van der Waals surface area contributed by atoms with Gasteiger partial charge in [-0.15, -0.1) is 0 Å². The molecule has 0 amide bonds. The van der Waals surface area contributed by atoms with E-state index in [0.29, 0.717) is 0 Å². The maximum Gasteiger partial charge on any atom is 0.306 e. The number of piperidine rings is 1. The predicted octanol–water partition coefficient (Wildman–Crippen LogP) is 1.31. The van der Waals surface area contributed by atoms with Crippen LogP contribution in [0.15, 0.2) is 18.5 Å². The van der Waals surface area contributed by atoms with Crippen LogP contribution in [0, 0.1) is 5.92 Å². The molecule has 2 rings (SSSR count). The van der Waals surface area contributed by atoms with E-state index in [-0.39, 0.29) is 5.92 Å². The van der Waals surface area contributed by atoms with Crippen molar-refractivity contribution in [1.29, 1.82) is 0 Å². The molecule has 1 fully saturated rings. The van der Waals surface area contributed by atoms with Crippen LogP contribution in [-0.2, 0) is 11.3 Å². The number of aromatic amines is 1. The zero-order valence-corrected chi connectivity index (χ0v) is 8.65. The van der Waals surface area contributed by atoms with Gasteiger partial charge in [-0.05, 0) is 37.6 Å². The van der Waals surface area contributed by atoms with Gasteiger partial charge in [0.25, 0.3) is 0 Å². The topological polar surface area (TPSA) is 56.3 Å². The molecule has 4 nitrogen and oxygen atoms in total. The quantitative estimate of drug-likeness (QED) is 0.787. The Kier molecular flexibility index (Phi) is 3.06. The van der Waals surface area contributed by atoms with Gasteiger partial charge in [0.05, 0.1) is 5.92 Å². The molecule has 0 aromatic carbocycles. The lowest BCUT2D eigenvalue weighted by atomic mass is 9.97. The maximum atomic E-state index is 10.8. The summed E-state index contributed by atoms with van der Waals surface area (Å²) in [4.78, 5) is 16.1. The van der Waals surface area contributed by atoms with Crippen molar-refractivity contribution in [2.24, 2.45) is 5.92 Å². The molecule has 2 heterocycles. The first-order chi connectivity index (χ1) is 7.25. The summed E-state index contributed by atoms with van der Waals surface area (Å²) in [7, 11) is 0. The highest BCUT2D eigenvalue weighted by Gasteiger charge is 2.24. The molecule has 4 heteroatoms. The molecule has 0 aliphatic carbocycles. The van der Waals surface area contributed by atoms with E-state index in [9.17, 15) is 4.79 Å². The summed E-state index contributed by atoms with van der Waals surface area (Å²) in [5, 5.41) is 8.86. The molecule has 82 valence electrons. The van der Waals surface area contributed by atoms with Crippen molar-refractivity contribution in [3.05, 3.63) is 24.0 Å². The molecule has 2 N–H and O–H groups in total. The standard InChI is InChI=1S/C11H16N2O2/c14-11(15)10-2-5-13(6-3-10)8-9-1-4-12-7-9/h1,4,7,10,12H,2-3,5-6,8H2,(H,14,15). The molecule has 0 bridgehead atoms. The summed E-state index contributed by atoms with van der Waals surface area (Å²) in [6.07, 6.45) is 5.46. The normalized spacial score (nSPS) is 19.2. The number of aromatic nitrogens is 1. The van der Waals surface area contributed by atoms with Crippen LogP contribution in [0.3, 0.4) is 0 Å². The molecule has 1 aromatic heterocycles. The number of nitrogens with zero attached hydrogens (tertiary/aromatic N) is 1. The molecule has 15 heavy (non-hydrogen) atoms. The number of hydrogen-bond donors (Lipinski definition) is 2. The molecule has 1 aliphatic rings. The van der Waals surface area contributed by atoms with E-state index in [4.69, 9.17) is 5.11 Å². The number of nitrogens with one attached hydrogen (secondary N) is 1. The Hall–Kier alpha value is -1.29. The zero-order valence-electron chi connectivity index (χ0n) is 8.65. The second kappa shape index (κ2) is 4.49. The largest absolute Gasteiger partial charge is 0.481 e. The van der Waals surface area contributed by atoms with E-state index < -0.39 is 5.97 Å². The minimum absolute atomic E-state index is 0.132. The Balaban J connectivity index is 1.81. The van der Waals surface area contributed by atoms with Crippen LogP contribution in [0.5, 0.6) is 0 Å². The first-order valence-electron chi connectivity index (χ1n) is 5.32. The van der Waals surface area contributed by atoms with E-state index in [0.717, 1.165) is 32.5 Å². The molecular formula is C11H16N2O2. The van der Waals surface area contributed by atoms with Crippen molar-refractivity contribution in [1.82, 2.24) is 9.88 Å². The third kappa shape index (κ3) is 2.59. The number of carboxylic acid groups (broad SMARTS) is 1. The number of rotatable bonds is 3. The second-order valence-electron chi connectivity index (χ2n) is 4.11. The number of carboxylic acids is 1. The van der Waals surface area contributed by atoms with Crippen molar-refractivity contribution in [2.45, 2.75) is 19.4 Å². The van der Waals surface area contributed by atoms with Gasteiger partial charge in [-0.1, -0.05) is 0 Å². The van der Waals surface area contributed by atoms with Crippen molar-refractivity contribution < 1.29 is 9.90 Å². The van der Waals surface area contributed by atoms with Crippen LogP contribution in [0.25, 0.3) is 0 Å². The van der Waals surface area contributed by atoms with Gasteiger partial charge in [0.15, 0.2) is 0 Å². The first kappa shape index (κ1) is 10.2. The minimum atomic E-state index is -0.642. The molecular weight excluding hydrogens is 192 g/mol. The van der Waals surface area contributed by atoms with E-state index in [2.05, 4.69) is 16.0 Å².